The van der Waals surface area contributed by atoms with Gasteiger partial charge < -0.3 is 15.2 Å². The lowest BCUT2D eigenvalue weighted by molar-refractivity contribution is 0.00922. The van der Waals surface area contributed by atoms with Crippen LogP contribution in [0.5, 0.6) is 5.75 Å². The van der Waals surface area contributed by atoms with Gasteiger partial charge in [0.25, 0.3) is 0 Å². The molecule has 112 valence electrons. The van der Waals surface area contributed by atoms with Crippen molar-refractivity contribution in [3.63, 3.8) is 0 Å². The van der Waals surface area contributed by atoms with E-state index in [1.807, 2.05) is 0 Å². The molecule has 0 radical (unpaired) electrons. The van der Waals surface area contributed by atoms with Crippen molar-refractivity contribution in [2.24, 2.45) is 11.7 Å². The Kier molecular flexibility index (Phi) is 5.44. The number of ether oxygens (including phenoxy) is 2. The fourth-order valence-electron chi connectivity index (χ4n) is 2.43. The zero-order valence-corrected chi connectivity index (χ0v) is 12.9. The Morgan fingerprint density at radius 3 is 2.45 bits per heavy atom. The van der Waals surface area contributed by atoms with Gasteiger partial charge in [0.15, 0.2) is 6.79 Å². The zero-order valence-electron chi connectivity index (χ0n) is 12.9. The average molecular weight is 277 g/mol. The maximum absolute atomic E-state index is 6.02. The second-order valence-electron chi connectivity index (χ2n) is 6.01. The number of hydrogen-bond acceptors (Lipinski definition) is 3. The maximum atomic E-state index is 6.02. The molecule has 0 bridgehead atoms. The molecule has 0 amide bonds. The normalized spacial score (nSPS) is 16.2. The Morgan fingerprint density at radius 2 is 1.90 bits per heavy atom. The van der Waals surface area contributed by atoms with Crippen LogP contribution in [-0.2, 0) is 11.2 Å². The van der Waals surface area contributed by atoms with E-state index in [0.29, 0.717) is 6.79 Å². The van der Waals surface area contributed by atoms with Crippen LogP contribution < -0.4 is 10.5 Å². The highest BCUT2D eigenvalue weighted by Gasteiger charge is 2.21. The van der Waals surface area contributed by atoms with Gasteiger partial charge >= 0.3 is 0 Å². The number of aryl methyl sites for hydroxylation is 2. The van der Waals surface area contributed by atoms with Crippen LogP contribution in [0.4, 0.5) is 0 Å². The van der Waals surface area contributed by atoms with E-state index in [0.717, 1.165) is 31.1 Å². The van der Waals surface area contributed by atoms with E-state index in [-0.39, 0.29) is 6.04 Å². The Morgan fingerprint density at radius 1 is 1.25 bits per heavy atom. The first kappa shape index (κ1) is 15.3. The van der Waals surface area contributed by atoms with E-state index >= 15 is 0 Å². The minimum Gasteiger partial charge on any atom is -0.467 e. The van der Waals surface area contributed by atoms with Crippen LogP contribution in [0.25, 0.3) is 0 Å². The van der Waals surface area contributed by atoms with E-state index in [2.05, 4.69) is 32.9 Å². The molecule has 1 aliphatic rings. The second kappa shape index (κ2) is 7.09. The monoisotopic (exact) mass is 277 g/mol. The highest BCUT2D eigenvalue weighted by atomic mass is 16.7. The molecule has 1 fully saturated rings. The molecule has 1 atom stereocenters. The van der Waals surface area contributed by atoms with Crippen LogP contribution in [0.3, 0.4) is 0 Å². The minimum atomic E-state index is 0.238. The minimum absolute atomic E-state index is 0.238. The number of benzene rings is 1. The van der Waals surface area contributed by atoms with E-state index in [4.69, 9.17) is 15.2 Å². The Balaban J connectivity index is 1.90. The van der Waals surface area contributed by atoms with Crippen molar-refractivity contribution >= 4 is 0 Å². The summed E-state index contributed by atoms with van der Waals surface area (Å²) in [5, 5.41) is 0. The summed E-state index contributed by atoms with van der Waals surface area (Å²) in [6.07, 6.45) is 4.55. The van der Waals surface area contributed by atoms with E-state index in [9.17, 15) is 0 Å². The molecule has 1 aromatic rings. The fourth-order valence-corrected chi connectivity index (χ4v) is 2.43. The summed E-state index contributed by atoms with van der Waals surface area (Å²) in [4.78, 5) is 0. The molecule has 0 aliphatic heterocycles. The molecule has 0 saturated heterocycles. The van der Waals surface area contributed by atoms with Crippen LogP contribution in [0.1, 0.15) is 42.9 Å². The molecule has 0 spiro atoms. The van der Waals surface area contributed by atoms with Gasteiger partial charge in [-0.1, -0.05) is 19.1 Å². The smallest absolute Gasteiger partial charge is 0.189 e. The molecular weight excluding hydrogens is 250 g/mol. The fraction of sp³-hybridized carbons (Fsp3) is 0.647. The standard InChI is InChI=1S/C17H27NO2/c1-4-16(18)9-15-7-12(2)17(13(3)8-15)20-11-19-10-14-5-6-14/h7-8,14,16H,4-6,9-11,18H2,1-3H3. The van der Waals surface area contributed by atoms with Gasteiger partial charge in [-0.25, -0.2) is 0 Å². The summed E-state index contributed by atoms with van der Waals surface area (Å²) in [7, 11) is 0. The topological polar surface area (TPSA) is 44.5 Å². The lowest BCUT2D eigenvalue weighted by atomic mass is 9.99. The van der Waals surface area contributed by atoms with Gasteiger partial charge in [0.1, 0.15) is 5.75 Å². The van der Waals surface area contributed by atoms with Crippen molar-refractivity contribution in [2.75, 3.05) is 13.4 Å². The molecule has 20 heavy (non-hydrogen) atoms. The van der Waals surface area contributed by atoms with Crippen molar-refractivity contribution in [2.45, 2.75) is 52.5 Å². The van der Waals surface area contributed by atoms with Gasteiger partial charge in [-0.05, 0) is 62.1 Å². The van der Waals surface area contributed by atoms with E-state index < -0.39 is 0 Å². The lowest BCUT2D eigenvalue weighted by Gasteiger charge is -2.15. The van der Waals surface area contributed by atoms with Gasteiger partial charge in [-0.3, -0.25) is 0 Å². The predicted molar refractivity (Wildman–Crippen MR) is 82.1 cm³/mol. The summed E-state index contributed by atoms with van der Waals surface area (Å²) >= 11 is 0. The Bertz CT molecular complexity index is 418. The van der Waals surface area contributed by atoms with Crippen molar-refractivity contribution in [1.29, 1.82) is 0 Å². The second-order valence-corrected chi connectivity index (χ2v) is 6.01. The lowest BCUT2D eigenvalue weighted by Crippen LogP contribution is -2.21. The molecule has 1 aromatic carbocycles. The van der Waals surface area contributed by atoms with Gasteiger partial charge in [-0.15, -0.1) is 0 Å². The highest BCUT2D eigenvalue weighted by molar-refractivity contribution is 5.43. The van der Waals surface area contributed by atoms with Gasteiger partial charge in [-0.2, -0.15) is 0 Å². The average Bonchev–Trinajstić information content (AvgIpc) is 3.21. The van der Waals surface area contributed by atoms with Crippen LogP contribution in [0.2, 0.25) is 0 Å². The molecule has 2 N–H and O–H groups in total. The molecule has 1 unspecified atom stereocenters. The highest BCUT2D eigenvalue weighted by Crippen LogP contribution is 2.29. The summed E-state index contributed by atoms with van der Waals surface area (Å²) in [5.74, 6) is 1.73. The third kappa shape index (κ3) is 4.50. The van der Waals surface area contributed by atoms with Gasteiger partial charge in [0.2, 0.25) is 0 Å². The van der Waals surface area contributed by atoms with E-state index in [1.165, 1.54) is 29.5 Å². The molecule has 1 saturated carbocycles. The quantitative estimate of drug-likeness (QED) is 0.585. The van der Waals surface area contributed by atoms with Crippen LogP contribution in [0, 0.1) is 19.8 Å². The number of nitrogens with two attached hydrogens (primary N) is 1. The summed E-state index contributed by atoms with van der Waals surface area (Å²) in [6.45, 7) is 7.49. The first-order valence-electron chi connectivity index (χ1n) is 7.66. The molecule has 3 heteroatoms. The molecule has 1 aliphatic carbocycles. The van der Waals surface area contributed by atoms with Crippen molar-refractivity contribution < 1.29 is 9.47 Å². The molecule has 0 heterocycles. The van der Waals surface area contributed by atoms with Gasteiger partial charge in [0, 0.05) is 6.04 Å². The van der Waals surface area contributed by atoms with Crippen molar-refractivity contribution in [3.8, 4) is 5.75 Å². The molecule has 2 rings (SSSR count). The molecule has 0 aromatic heterocycles. The van der Waals surface area contributed by atoms with Crippen molar-refractivity contribution in [1.82, 2.24) is 0 Å². The van der Waals surface area contributed by atoms with Gasteiger partial charge in [0.05, 0.1) is 6.61 Å². The largest absolute Gasteiger partial charge is 0.467 e. The third-order valence-electron chi connectivity index (χ3n) is 3.88. The predicted octanol–water partition coefficient (Wildman–Crippen LogP) is 3.35. The first-order chi connectivity index (χ1) is 9.60. The number of rotatable bonds is 8. The van der Waals surface area contributed by atoms with Crippen LogP contribution in [0.15, 0.2) is 12.1 Å². The Hall–Kier alpha value is -1.06. The van der Waals surface area contributed by atoms with Crippen LogP contribution in [-0.4, -0.2) is 19.4 Å². The third-order valence-corrected chi connectivity index (χ3v) is 3.88. The zero-order chi connectivity index (χ0) is 14.5. The molecular formula is C17H27NO2. The van der Waals surface area contributed by atoms with E-state index in [1.54, 1.807) is 0 Å². The summed E-state index contributed by atoms with van der Waals surface area (Å²) < 4.78 is 11.3. The molecule has 3 nitrogen and oxygen atoms in total. The van der Waals surface area contributed by atoms with Crippen molar-refractivity contribution in [3.05, 3.63) is 28.8 Å². The SMILES string of the molecule is CCC(N)Cc1cc(C)c(OCOCC2CC2)c(C)c1. The summed E-state index contributed by atoms with van der Waals surface area (Å²) in [5.41, 5.74) is 9.65. The first-order valence-corrected chi connectivity index (χ1v) is 7.66. The Labute approximate surface area is 122 Å². The maximum Gasteiger partial charge on any atom is 0.189 e. The van der Waals surface area contributed by atoms with Crippen LogP contribution >= 0.6 is 0 Å². The number of hydrogen-bond donors (Lipinski definition) is 1. The summed E-state index contributed by atoms with van der Waals surface area (Å²) in [6, 6.07) is 4.60.